The smallest absolute Gasteiger partial charge is 0.225 e. The largest absolute Gasteiger partial charge is 0.379 e. The summed E-state index contributed by atoms with van der Waals surface area (Å²) < 4.78 is 5.38. The van der Waals surface area contributed by atoms with Gasteiger partial charge in [0.15, 0.2) is 0 Å². The molecule has 0 aromatic rings. The van der Waals surface area contributed by atoms with Crippen LogP contribution < -0.4 is 0 Å². The molecule has 3 rings (SSSR count). The predicted octanol–water partition coefficient (Wildman–Crippen LogP) is 0.967. The number of morpholine rings is 1. The molecule has 2 saturated heterocycles. The average Bonchev–Trinajstić information content (AvgIpc) is 3.24. The highest BCUT2D eigenvalue weighted by molar-refractivity contribution is 5.81. The molecule has 3 fully saturated rings. The first-order valence-corrected chi connectivity index (χ1v) is 7.42. The lowest BCUT2D eigenvalue weighted by Gasteiger charge is -2.36. The van der Waals surface area contributed by atoms with E-state index in [0.29, 0.717) is 11.8 Å². The number of carbonyl (C=O) groups is 1. The maximum absolute atomic E-state index is 12.0. The molecular formula is C14H24N2O2. The number of likely N-dealkylation sites (tertiary alicyclic amines) is 1. The Morgan fingerprint density at radius 3 is 2.28 bits per heavy atom. The van der Waals surface area contributed by atoms with Crippen molar-refractivity contribution in [3.8, 4) is 0 Å². The van der Waals surface area contributed by atoms with Crippen LogP contribution in [0.1, 0.15) is 25.7 Å². The fraction of sp³-hybridized carbons (Fsp3) is 0.929. The lowest BCUT2D eigenvalue weighted by molar-refractivity contribution is -0.134. The average molecular weight is 252 g/mol. The van der Waals surface area contributed by atoms with Crippen molar-refractivity contribution in [1.82, 2.24) is 9.80 Å². The Labute approximate surface area is 109 Å². The molecule has 1 saturated carbocycles. The Morgan fingerprint density at radius 2 is 1.67 bits per heavy atom. The van der Waals surface area contributed by atoms with Gasteiger partial charge in [0, 0.05) is 38.6 Å². The zero-order chi connectivity index (χ0) is 12.4. The summed E-state index contributed by atoms with van der Waals surface area (Å²) in [5.74, 6) is 1.60. The van der Waals surface area contributed by atoms with Crippen LogP contribution in [0.15, 0.2) is 0 Å². The highest BCUT2D eigenvalue weighted by atomic mass is 16.5. The highest BCUT2D eigenvalue weighted by Crippen LogP contribution is 2.32. The second-order valence-electron chi connectivity index (χ2n) is 5.96. The van der Waals surface area contributed by atoms with Crippen molar-refractivity contribution < 1.29 is 9.53 Å². The van der Waals surface area contributed by atoms with E-state index >= 15 is 0 Å². The summed E-state index contributed by atoms with van der Waals surface area (Å²) in [6.45, 7) is 7.13. The van der Waals surface area contributed by atoms with E-state index in [-0.39, 0.29) is 0 Å². The van der Waals surface area contributed by atoms with Gasteiger partial charge in [0.2, 0.25) is 5.91 Å². The van der Waals surface area contributed by atoms with E-state index in [2.05, 4.69) is 9.80 Å². The van der Waals surface area contributed by atoms with Crippen LogP contribution in [0, 0.1) is 11.8 Å². The van der Waals surface area contributed by atoms with Gasteiger partial charge in [0.25, 0.3) is 0 Å². The second-order valence-corrected chi connectivity index (χ2v) is 5.96. The summed E-state index contributed by atoms with van der Waals surface area (Å²) in [7, 11) is 0. The first-order chi connectivity index (χ1) is 8.83. The van der Waals surface area contributed by atoms with Gasteiger partial charge in [-0.05, 0) is 31.6 Å². The van der Waals surface area contributed by atoms with Crippen LogP contribution in [0.4, 0.5) is 0 Å². The number of hydrogen-bond acceptors (Lipinski definition) is 3. The van der Waals surface area contributed by atoms with E-state index in [1.165, 1.54) is 19.4 Å². The Balaban J connectivity index is 1.40. The molecule has 0 aromatic carbocycles. The number of piperidine rings is 1. The lowest BCUT2D eigenvalue weighted by Crippen LogP contribution is -2.44. The van der Waals surface area contributed by atoms with E-state index in [1.54, 1.807) is 0 Å². The van der Waals surface area contributed by atoms with Crippen LogP contribution in [0.5, 0.6) is 0 Å². The minimum absolute atomic E-state index is 0.390. The summed E-state index contributed by atoms with van der Waals surface area (Å²) in [5.41, 5.74) is 0. The van der Waals surface area contributed by atoms with Gasteiger partial charge in [-0.15, -0.1) is 0 Å². The maximum atomic E-state index is 12.0. The van der Waals surface area contributed by atoms with Gasteiger partial charge in [-0.3, -0.25) is 9.69 Å². The fourth-order valence-corrected chi connectivity index (χ4v) is 3.07. The van der Waals surface area contributed by atoms with Crippen molar-refractivity contribution in [2.24, 2.45) is 11.8 Å². The minimum atomic E-state index is 0.390. The van der Waals surface area contributed by atoms with E-state index in [4.69, 9.17) is 4.74 Å². The van der Waals surface area contributed by atoms with Gasteiger partial charge >= 0.3 is 0 Å². The third-order valence-corrected chi connectivity index (χ3v) is 4.47. The molecule has 0 bridgehead atoms. The first-order valence-electron chi connectivity index (χ1n) is 7.42. The molecule has 0 N–H and O–H groups in total. The number of nitrogens with zero attached hydrogens (tertiary/aromatic N) is 2. The monoisotopic (exact) mass is 252 g/mol. The predicted molar refractivity (Wildman–Crippen MR) is 69.3 cm³/mol. The van der Waals surface area contributed by atoms with Crippen LogP contribution >= 0.6 is 0 Å². The van der Waals surface area contributed by atoms with E-state index in [0.717, 1.165) is 58.2 Å². The van der Waals surface area contributed by atoms with Gasteiger partial charge in [-0.25, -0.2) is 0 Å². The molecule has 2 aliphatic heterocycles. The van der Waals surface area contributed by atoms with Crippen LogP contribution in [0.2, 0.25) is 0 Å². The quantitative estimate of drug-likeness (QED) is 0.750. The lowest BCUT2D eigenvalue weighted by atomic mass is 9.95. The molecule has 3 aliphatic rings. The normalized spacial score (nSPS) is 27.4. The van der Waals surface area contributed by atoms with Crippen molar-refractivity contribution >= 4 is 5.91 Å². The van der Waals surface area contributed by atoms with Crippen molar-refractivity contribution in [2.75, 3.05) is 45.9 Å². The van der Waals surface area contributed by atoms with Crippen LogP contribution in [0.25, 0.3) is 0 Å². The topological polar surface area (TPSA) is 32.8 Å². The standard InChI is InChI=1S/C14H24N2O2/c17-14(13-1-2-13)16-5-3-12(4-6-16)11-15-7-9-18-10-8-15/h12-13H,1-11H2. The Morgan fingerprint density at radius 1 is 1.00 bits per heavy atom. The first kappa shape index (κ1) is 12.4. The summed E-state index contributed by atoms with van der Waals surface area (Å²) in [6, 6.07) is 0. The van der Waals surface area contributed by atoms with Crippen LogP contribution in [-0.2, 0) is 9.53 Å². The number of hydrogen-bond donors (Lipinski definition) is 0. The number of rotatable bonds is 3. The second kappa shape index (κ2) is 5.57. The summed E-state index contributed by atoms with van der Waals surface area (Å²) in [4.78, 5) is 16.6. The van der Waals surface area contributed by atoms with Crippen LogP contribution in [0.3, 0.4) is 0 Å². The molecule has 0 aromatic heterocycles. The van der Waals surface area contributed by atoms with Crippen molar-refractivity contribution in [3.63, 3.8) is 0 Å². The fourth-order valence-electron chi connectivity index (χ4n) is 3.07. The zero-order valence-electron chi connectivity index (χ0n) is 11.1. The van der Waals surface area contributed by atoms with Crippen molar-refractivity contribution in [1.29, 1.82) is 0 Å². The highest BCUT2D eigenvalue weighted by Gasteiger charge is 2.35. The third-order valence-electron chi connectivity index (χ3n) is 4.47. The van der Waals surface area contributed by atoms with Gasteiger partial charge < -0.3 is 9.64 Å². The van der Waals surface area contributed by atoms with Crippen molar-refractivity contribution in [3.05, 3.63) is 0 Å². The van der Waals surface area contributed by atoms with E-state index < -0.39 is 0 Å². The molecule has 2 heterocycles. The maximum Gasteiger partial charge on any atom is 0.225 e. The molecule has 4 heteroatoms. The summed E-state index contributed by atoms with van der Waals surface area (Å²) in [6.07, 6.45) is 4.64. The van der Waals surface area contributed by atoms with E-state index in [9.17, 15) is 4.79 Å². The molecule has 1 aliphatic carbocycles. The molecule has 0 atom stereocenters. The molecule has 0 unspecified atom stereocenters. The van der Waals surface area contributed by atoms with Crippen molar-refractivity contribution in [2.45, 2.75) is 25.7 Å². The van der Waals surface area contributed by atoms with Gasteiger partial charge in [0.05, 0.1) is 13.2 Å². The minimum Gasteiger partial charge on any atom is -0.379 e. The molecule has 4 nitrogen and oxygen atoms in total. The molecule has 0 spiro atoms. The summed E-state index contributed by atoms with van der Waals surface area (Å²) in [5, 5.41) is 0. The molecule has 1 amide bonds. The summed E-state index contributed by atoms with van der Waals surface area (Å²) >= 11 is 0. The Hall–Kier alpha value is -0.610. The van der Waals surface area contributed by atoms with Gasteiger partial charge in [-0.1, -0.05) is 0 Å². The van der Waals surface area contributed by atoms with Gasteiger partial charge in [-0.2, -0.15) is 0 Å². The third kappa shape index (κ3) is 3.04. The Kier molecular flexibility index (Phi) is 3.85. The zero-order valence-corrected chi connectivity index (χ0v) is 11.1. The van der Waals surface area contributed by atoms with Gasteiger partial charge in [0.1, 0.15) is 0 Å². The number of carbonyl (C=O) groups excluding carboxylic acids is 1. The SMILES string of the molecule is O=C(C1CC1)N1CCC(CN2CCOCC2)CC1. The molecule has 0 radical (unpaired) electrons. The molecular weight excluding hydrogens is 228 g/mol. The van der Waals surface area contributed by atoms with Crippen LogP contribution in [-0.4, -0.2) is 61.6 Å². The number of ether oxygens (including phenoxy) is 1. The van der Waals surface area contributed by atoms with E-state index in [1.807, 2.05) is 0 Å². The Bertz CT molecular complexity index is 290. The number of amides is 1. The molecule has 102 valence electrons. The molecule has 18 heavy (non-hydrogen) atoms.